The van der Waals surface area contributed by atoms with E-state index in [0.717, 1.165) is 31.7 Å². The summed E-state index contributed by atoms with van der Waals surface area (Å²) in [5, 5.41) is 12.5. The second kappa shape index (κ2) is 8.17. The van der Waals surface area contributed by atoms with Crippen LogP contribution in [0.1, 0.15) is 18.0 Å². The number of hydrogen-bond acceptors (Lipinski definition) is 3. The van der Waals surface area contributed by atoms with Gasteiger partial charge >= 0.3 is 0 Å². The molecule has 1 saturated heterocycles. The smallest absolute Gasteiger partial charge is 0.137 e. The van der Waals surface area contributed by atoms with Gasteiger partial charge in [-0.15, -0.1) is 12.4 Å². The summed E-state index contributed by atoms with van der Waals surface area (Å²) < 4.78 is 14.1. The van der Waals surface area contributed by atoms with Crippen LogP contribution in [-0.2, 0) is 0 Å². The van der Waals surface area contributed by atoms with Crippen LogP contribution in [0.4, 0.5) is 4.39 Å². The fourth-order valence-electron chi connectivity index (χ4n) is 2.43. The summed E-state index contributed by atoms with van der Waals surface area (Å²) in [4.78, 5) is 2.30. The SMILES string of the molecule is Cl.OCC[C@H](c1cccc(F)c1Br)N1CCNCC1. The number of rotatable bonds is 4. The van der Waals surface area contributed by atoms with Crippen LogP contribution in [0.3, 0.4) is 0 Å². The maximum Gasteiger partial charge on any atom is 0.137 e. The molecule has 1 aromatic carbocycles. The first kappa shape index (κ1) is 16.9. The van der Waals surface area contributed by atoms with Crippen LogP contribution in [0.25, 0.3) is 0 Å². The van der Waals surface area contributed by atoms with Gasteiger partial charge in [-0.1, -0.05) is 12.1 Å². The predicted molar refractivity (Wildman–Crippen MR) is 80.2 cm³/mol. The third-order valence-electron chi connectivity index (χ3n) is 3.34. The topological polar surface area (TPSA) is 35.5 Å². The summed E-state index contributed by atoms with van der Waals surface area (Å²) in [6, 6.07) is 5.17. The van der Waals surface area contributed by atoms with Crippen molar-refractivity contribution < 1.29 is 9.50 Å². The summed E-state index contributed by atoms with van der Waals surface area (Å²) in [6.45, 7) is 3.84. The van der Waals surface area contributed by atoms with Gasteiger partial charge in [-0.2, -0.15) is 0 Å². The zero-order valence-electron chi connectivity index (χ0n) is 10.6. The van der Waals surface area contributed by atoms with Gasteiger partial charge in [0.05, 0.1) is 4.47 Å². The number of nitrogens with zero attached hydrogens (tertiary/aromatic N) is 1. The lowest BCUT2D eigenvalue weighted by Crippen LogP contribution is -2.45. The van der Waals surface area contributed by atoms with E-state index in [1.165, 1.54) is 6.07 Å². The van der Waals surface area contributed by atoms with E-state index in [1.807, 2.05) is 6.07 Å². The summed E-state index contributed by atoms with van der Waals surface area (Å²) >= 11 is 3.32. The largest absolute Gasteiger partial charge is 0.396 e. The molecule has 1 fully saturated rings. The van der Waals surface area contributed by atoms with E-state index >= 15 is 0 Å². The molecule has 108 valence electrons. The maximum atomic E-state index is 13.6. The van der Waals surface area contributed by atoms with E-state index in [0.29, 0.717) is 10.9 Å². The van der Waals surface area contributed by atoms with Crippen molar-refractivity contribution in [3.63, 3.8) is 0 Å². The maximum absolute atomic E-state index is 13.6. The van der Waals surface area contributed by atoms with E-state index in [-0.39, 0.29) is 30.9 Å². The molecule has 0 amide bonds. The molecule has 1 aromatic rings. The molecule has 2 rings (SSSR count). The second-order valence-electron chi connectivity index (χ2n) is 4.46. The number of piperazine rings is 1. The lowest BCUT2D eigenvalue weighted by atomic mass is 10.0. The van der Waals surface area contributed by atoms with Crippen LogP contribution in [0.15, 0.2) is 22.7 Å². The first-order chi connectivity index (χ1) is 8.74. The van der Waals surface area contributed by atoms with Gasteiger partial charge in [0.2, 0.25) is 0 Å². The predicted octanol–water partition coefficient (Wildman–Crippen LogP) is 2.34. The Hall–Kier alpha value is -0.200. The van der Waals surface area contributed by atoms with E-state index in [9.17, 15) is 9.50 Å². The third-order valence-corrected chi connectivity index (χ3v) is 4.17. The molecule has 0 spiro atoms. The minimum absolute atomic E-state index is 0. The molecule has 19 heavy (non-hydrogen) atoms. The number of nitrogens with one attached hydrogen (secondary N) is 1. The molecular weight excluding hydrogens is 335 g/mol. The highest BCUT2D eigenvalue weighted by Crippen LogP contribution is 2.32. The summed E-state index contributed by atoms with van der Waals surface area (Å²) in [6.07, 6.45) is 0.627. The molecule has 0 saturated carbocycles. The molecule has 0 radical (unpaired) electrons. The third kappa shape index (κ3) is 4.13. The van der Waals surface area contributed by atoms with Gasteiger partial charge < -0.3 is 10.4 Å². The number of halogens is 3. The average molecular weight is 354 g/mol. The Labute approximate surface area is 127 Å². The number of hydrogen-bond donors (Lipinski definition) is 2. The molecule has 0 aliphatic carbocycles. The monoisotopic (exact) mass is 352 g/mol. The molecule has 1 aliphatic rings. The molecule has 3 nitrogen and oxygen atoms in total. The summed E-state index contributed by atoms with van der Waals surface area (Å²) in [5.74, 6) is -0.245. The lowest BCUT2D eigenvalue weighted by molar-refractivity contribution is 0.140. The Kier molecular flexibility index (Phi) is 7.25. The molecule has 1 aliphatic heterocycles. The highest BCUT2D eigenvalue weighted by molar-refractivity contribution is 9.10. The Bertz CT molecular complexity index is 402. The Morgan fingerprint density at radius 1 is 1.37 bits per heavy atom. The zero-order valence-corrected chi connectivity index (χ0v) is 13.0. The number of aliphatic hydroxyl groups excluding tert-OH is 1. The highest BCUT2D eigenvalue weighted by atomic mass is 79.9. The first-order valence-electron chi connectivity index (χ1n) is 6.23. The first-order valence-corrected chi connectivity index (χ1v) is 7.03. The minimum Gasteiger partial charge on any atom is -0.396 e. The molecule has 0 aromatic heterocycles. The van der Waals surface area contributed by atoms with E-state index in [2.05, 4.69) is 26.1 Å². The van der Waals surface area contributed by atoms with Crippen LogP contribution in [0.5, 0.6) is 0 Å². The van der Waals surface area contributed by atoms with Crippen LogP contribution < -0.4 is 5.32 Å². The lowest BCUT2D eigenvalue weighted by Gasteiger charge is -2.35. The van der Waals surface area contributed by atoms with Crippen LogP contribution in [0, 0.1) is 5.82 Å². The Morgan fingerprint density at radius 3 is 2.68 bits per heavy atom. The van der Waals surface area contributed by atoms with Crippen molar-refractivity contribution >= 4 is 28.3 Å². The molecule has 0 bridgehead atoms. The fourth-order valence-corrected chi connectivity index (χ4v) is 2.96. The normalized spacial score (nSPS) is 17.8. The van der Waals surface area contributed by atoms with Crippen molar-refractivity contribution in [3.05, 3.63) is 34.1 Å². The fraction of sp³-hybridized carbons (Fsp3) is 0.538. The van der Waals surface area contributed by atoms with E-state index < -0.39 is 0 Å². The van der Waals surface area contributed by atoms with Gasteiger partial charge in [0.15, 0.2) is 0 Å². The van der Waals surface area contributed by atoms with Crippen LogP contribution in [0.2, 0.25) is 0 Å². The quantitative estimate of drug-likeness (QED) is 0.872. The van der Waals surface area contributed by atoms with Crippen molar-refractivity contribution in [1.29, 1.82) is 0 Å². The second-order valence-corrected chi connectivity index (χ2v) is 5.25. The summed E-state index contributed by atoms with van der Waals surface area (Å²) in [7, 11) is 0. The van der Waals surface area contributed by atoms with Crippen molar-refractivity contribution in [2.24, 2.45) is 0 Å². The molecule has 2 N–H and O–H groups in total. The van der Waals surface area contributed by atoms with Gasteiger partial charge in [-0.3, -0.25) is 4.90 Å². The van der Waals surface area contributed by atoms with Crippen LogP contribution in [-0.4, -0.2) is 42.8 Å². The highest BCUT2D eigenvalue weighted by Gasteiger charge is 2.24. The zero-order chi connectivity index (χ0) is 13.0. The van der Waals surface area contributed by atoms with Gasteiger partial charge in [-0.05, 0) is 34.0 Å². The molecule has 0 unspecified atom stereocenters. The number of aliphatic hydroxyl groups is 1. The Morgan fingerprint density at radius 2 is 2.05 bits per heavy atom. The number of benzene rings is 1. The Balaban J connectivity index is 0.00000180. The van der Waals surface area contributed by atoms with Gasteiger partial charge in [-0.25, -0.2) is 4.39 Å². The van der Waals surface area contributed by atoms with Gasteiger partial charge in [0.1, 0.15) is 5.82 Å². The summed E-state index contributed by atoms with van der Waals surface area (Å²) in [5.41, 5.74) is 0.922. The molecular formula is C13H19BrClFN2O. The van der Waals surface area contributed by atoms with Crippen molar-refractivity contribution in [1.82, 2.24) is 10.2 Å². The van der Waals surface area contributed by atoms with E-state index in [4.69, 9.17) is 0 Å². The minimum atomic E-state index is -0.245. The molecule has 6 heteroatoms. The van der Waals surface area contributed by atoms with Crippen molar-refractivity contribution in [2.75, 3.05) is 32.8 Å². The van der Waals surface area contributed by atoms with Gasteiger partial charge in [0.25, 0.3) is 0 Å². The standard InChI is InChI=1S/C13H18BrFN2O.ClH/c14-13-10(2-1-3-11(13)15)12(4-9-18)17-7-5-16-6-8-17;/h1-3,12,16,18H,4-9H2;1H/t12-;/m1./s1. The average Bonchev–Trinajstić information content (AvgIpc) is 2.41. The van der Waals surface area contributed by atoms with Crippen LogP contribution >= 0.6 is 28.3 Å². The van der Waals surface area contributed by atoms with E-state index in [1.54, 1.807) is 6.07 Å². The van der Waals surface area contributed by atoms with Crippen molar-refractivity contribution in [2.45, 2.75) is 12.5 Å². The van der Waals surface area contributed by atoms with Gasteiger partial charge in [0, 0.05) is 38.8 Å². The molecule has 1 heterocycles. The van der Waals surface area contributed by atoms with Crippen molar-refractivity contribution in [3.8, 4) is 0 Å². The molecule has 1 atom stereocenters.